The normalized spacial score (nSPS) is 15.1. The van der Waals surface area contributed by atoms with Gasteiger partial charge < -0.3 is 0 Å². The van der Waals surface area contributed by atoms with Gasteiger partial charge in [-0.05, 0) is 30.5 Å². The van der Waals surface area contributed by atoms with Gasteiger partial charge in [-0.1, -0.05) is 12.8 Å². The molecule has 1 heterocycles. The van der Waals surface area contributed by atoms with Crippen LogP contribution in [0.25, 0.3) is 11.0 Å². The van der Waals surface area contributed by atoms with Crippen molar-refractivity contribution in [3.8, 4) is 0 Å². The highest BCUT2D eigenvalue weighted by atomic mass is 16.1. The molecule has 1 aliphatic carbocycles. The molecule has 0 spiro atoms. The first kappa shape index (κ1) is 10.4. The maximum Gasteiger partial charge on any atom is 0.162 e. The third kappa shape index (κ3) is 2.33. The summed E-state index contributed by atoms with van der Waals surface area (Å²) in [6.07, 6.45) is 7.62. The summed E-state index contributed by atoms with van der Waals surface area (Å²) >= 11 is 0. The molecule has 2 aromatic rings. The SMILES string of the molecule is O=C(CCC1CC1)c1ccc2nccnc2c1. The predicted molar refractivity (Wildman–Crippen MR) is 65.8 cm³/mol. The van der Waals surface area contributed by atoms with E-state index in [4.69, 9.17) is 0 Å². The van der Waals surface area contributed by atoms with Crippen LogP contribution in [0.1, 0.15) is 36.0 Å². The molecule has 0 amide bonds. The number of fused-ring (bicyclic) bond motifs is 1. The average Bonchev–Trinajstić information content (AvgIpc) is 3.19. The van der Waals surface area contributed by atoms with Gasteiger partial charge in [0, 0.05) is 24.4 Å². The standard InChI is InChI=1S/C14H14N2O/c17-14(6-3-10-1-2-10)11-4-5-12-13(9-11)16-8-7-15-12/h4-5,7-10H,1-3,6H2. The molecule has 1 fully saturated rings. The Balaban J connectivity index is 1.81. The average molecular weight is 226 g/mol. The molecule has 0 aliphatic heterocycles. The van der Waals surface area contributed by atoms with Crippen LogP contribution in [0.4, 0.5) is 0 Å². The maximum absolute atomic E-state index is 12.0. The lowest BCUT2D eigenvalue weighted by atomic mass is 10.0. The zero-order valence-electron chi connectivity index (χ0n) is 9.60. The Labute approximate surface area is 99.9 Å². The largest absolute Gasteiger partial charge is 0.294 e. The molecule has 0 radical (unpaired) electrons. The number of ketones is 1. The lowest BCUT2D eigenvalue weighted by molar-refractivity contribution is 0.0978. The molecule has 3 heteroatoms. The summed E-state index contributed by atoms with van der Waals surface area (Å²) in [6, 6.07) is 5.57. The quantitative estimate of drug-likeness (QED) is 0.753. The number of hydrogen-bond donors (Lipinski definition) is 0. The number of hydrogen-bond acceptors (Lipinski definition) is 3. The number of rotatable bonds is 4. The summed E-state index contributed by atoms with van der Waals surface area (Å²) in [7, 11) is 0. The van der Waals surface area contributed by atoms with Crippen molar-refractivity contribution in [2.45, 2.75) is 25.7 Å². The third-order valence-electron chi connectivity index (χ3n) is 3.27. The van der Waals surface area contributed by atoms with Crippen molar-refractivity contribution in [1.29, 1.82) is 0 Å². The van der Waals surface area contributed by atoms with Crippen LogP contribution in [0.2, 0.25) is 0 Å². The van der Waals surface area contributed by atoms with E-state index in [1.807, 2.05) is 18.2 Å². The van der Waals surface area contributed by atoms with E-state index in [0.717, 1.165) is 28.9 Å². The second-order valence-electron chi connectivity index (χ2n) is 4.67. The number of benzene rings is 1. The molecular formula is C14H14N2O. The summed E-state index contributed by atoms with van der Waals surface area (Å²) in [5.41, 5.74) is 2.40. The van der Waals surface area contributed by atoms with E-state index in [0.29, 0.717) is 6.42 Å². The Morgan fingerprint density at radius 3 is 2.71 bits per heavy atom. The number of carbonyl (C=O) groups is 1. The molecule has 1 aromatic carbocycles. The van der Waals surface area contributed by atoms with E-state index in [1.54, 1.807) is 12.4 Å². The van der Waals surface area contributed by atoms with Gasteiger partial charge in [-0.15, -0.1) is 0 Å². The van der Waals surface area contributed by atoms with E-state index in [9.17, 15) is 4.79 Å². The molecule has 1 aromatic heterocycles. The van der Waals surface area contributed by atoms with Crippen molar-refractivity contribution in [3.05, 3.63) is 36.2 Å². The molecule has 0 N–H and O–H groups in total. The fourth-order valence-electron chi connectivity index (χ4n) is 2.02. The lowest BCUT2D eigenvalue weighted by Gasteiger charge is -2.01. The minimum absolute atomic E-state index is 0.226. The molecule has 0 atom stereocenters. The highest BCUT2D eigenvalue weighted by Crippen LogP contribution is 2.33. The summed E-state index contributed by atoms with van der Waals surface area (Å²) < 4.78 is 0. The fraction of sp³-hybridized carbons (Fsp3) is 0.357. The molecule has 86 valence electrons. The van der Waals surface area contributed by atoms with Crippen molar-refractivity contribution < 1.29 is 4.79 Å². The summed E-state index contributed by atoms with van der Waals surface area (Å²) in [5.74, 6) is 1.03. The first-order valence-electron chi connectivity index (χ1n) is 6.07. The van der Waals surface area contributed by atoms with Crippen LogP contribution in [0, 0.1) is 5.92 Å². The highest BCUT2D eigenvalue weighted by Gasteiger charge is 2.22. The number of nitrogens with zero attached hydrogens (tertiary/aromatic N) is 2. The van der Waals surface area contributed by atoms with Crippen LogP contribution in [-0.2, 0) is 0 Å². The minimum Gasteiger partial charge on any atom is -0.294 e. The summed E-state index contributed by atoms with van der Waals surface area (Å²) in [5, 5.41) is 0. The van der Waals surface area contributed by atoms with Crippen molar-refractivity contribution in [1.82, 2.24) is 9.97 Å². The smallest absolute Gasteiger partial charge is 0.162 e. The zero-order valence-corrected chi connectivity index (χ0v) is 9.60. The Bertz CT molecular complexity index is 561. The van der Waals surface area contributed by atoms with Crippen LogP contribution < -0.4 is 0 Å². The molecule has 3 rings (SSSR count). The second-order valence-corrected chi connectivity index (χ2v) is 4.67. The van der Waals surface area contributed by atoms with E-state index in [-0.39, 0.29) is 5.78 Å². The van der Waals surface area contributed by atoms with E-state index in [2.05, 4.69) is 9.97 Å². The van der Waals surface area contributed by atoms with Crippen LogP contribution in [0.5, 0.6) is 0 Å². The molecular weight excluding hydrogens is 212 g/mol. The zero-order chi connectivity index (χ0) is 11.7. The van der Waals surface area contributed by atoms with Gasteiger partial charge in [0.1, 0.15) is 0 Å². The number of aromatic nitrogens is 2. The lowest BCUT2D eigenvalue weighted by Crippen LogP contribution is -1.99. The molecule has 1 aliphatic rings. The molecule has 0 saturated heterocycles. The topological polar surface area (TPSA) is 42.9 Å². The van der Waals surface area contributed by atoms with Gasteiger partial charge in [0.05, 0.1) is 11.0 Å². The summed E-state index contributed by atoms with van der Waals surface area (Å²) in [4.78, 5) is 20.4. The van der Waals surface area contributed by atoms with Crippen molar-refractivity contribution in [3.63, 3.8) is 0 Å². The van der Waals surface area contributed by atoms with Gasteiger partial charge >= 0.3 is 0 Å². The van der Waals surface area contributed by atoms with Crippen molar-refractivity contribution in [2.75, 3.05) is 0 Å². The highest BCUT2D eigenvalue weighted by molar-refractivity contribution is 5.98. The first-order chi connectivity index (χ1) is 8.33. The molecule has 0 bridgehead atoms. The number of carbonyl (C=O) groups excluding carboxylic acids is 1. The Hall–Kier alpha value is -1.77. The van der Waals surface area contributed by atoms with E-state index in [1.165, 1.54) is 12.8 Å². The second kappa shape index (κ2) is 4.24. The van der Waals surface area contributed by atoms with E-state index < -0.39 is 0 Å². The Morgan fingerprint density at radius 2 is 1.94 bits per heavy atom. The molecule has 0 unspecified atom stereocenters. The monoisotopic (exact) mass is 226 g/mol. The third-order valence-corrected chi connectivity index (χ3v) is 3.27. The van der Waals surface area contributed by atoms with Gasteiger partial charge in [-0.3, -0.25) is 14.8 Å². The molecule has 17 heavy (non-hydrogen) atoms. The van der Waals surface area contributed by atoms with Gasteiger partial charge in [0.2, 0.25) is 0 Å². The van der Waals surface area contributed by atoms with Crippen LogP contribution in [0.3, 0.4) is 0 Å². The fourth-order valence-corrected chi connectivity index (χ4v) is 2.02. The maximum atomic E-state index is 12.0. The van der Waals surface area contributed by atoms with Crippen molar-refractivity contribution >= 4 is 16.8 Å². The van der Waals surface area contributed by atoms with Crippen LogP contribution in [0.15, 0.2) is 30.6 Å². The van der Waals surface area contributed by atoms with Crippen LogP contribution in [-0.4, -0.2) is 15.8 Å². The Kier molecular flexibility index (Phi) is 2.59. The van der Waals surface area contributed by atoms with Gasteiger partial charge in [0.25, 0.3) is 0 Å². The number of Topliss-reactive ketones (excluding diaryl/α,β-unsaturated/α-hetero) is 1. The van der Waals surface area contributed by atoms with E-state index >= 15 is 0 Å². The first-order valence-corrected chi connectivity index (χ1v) is 6.07. The summed E-state index contributed by atoms with van der Waals surface area (Å²) in [6.45, 7) is 0. The van der Waals surface area contributed by atoms with Gasteiger partial charge in [-0.2, -0.15) is 0 Å². The van der Waals surface area contributed by atoms with Crippen LogP contribution >= 0.6 is 0 Å². The molecule has 3 nitrogen and oxygen atoms in total. The van der Waals surface area contributed by atoms with Gasteiger partial charge in [0.15, 0.2) is 5.78 Å². The van der Waals surface area contributed by atoms with Gasteiger partial charge in [-0.25, -0.2) is 0 Å². The predicted octanol–water partition coefficient (Wildman–Crippen LogP) is 3.00. The molecule has 1 saturated carbocycles. The van der Waals surface area contributed by atoms with Crippen molar-refractivity contribution in [2.24, 2.45) is 5.92 Å². The minimum atomic E-state index is 0.226. The Morgan fingerprint density at radius 1 is 1.18 bits per heavy atom.